The van der Waals surface area contributed by atoms with Gasteiger partial charge in [0.15, 0.2) is 0 Å². The van der Waals surface area contributed by atoms with Crippen LogP contribution >= 0.6 is 11.8 Å². The van der Waals surface area contributed by atoms with E-state index in [2.05, 4.69) is 26.0 Å². The van der Waals surface area contributed by atoms with Crippen LogP contribution in [0, 0.1) is 6.92 Å². The van der Waals surface area contributed by atoms with Crippen LogP contribution in [0.3, 0.4) is 0 Å². The zero-order valence-corrected chi connectivity index (χ0v) is 12.3. The summed E-state index contributed by atoms with van der Waals surface area (Å²) >= 11 is 1.95. The summed E-state index contributed by atoms with van der Waals surface area (Å²) in [4.78, 5) is 4.72. The van der Waals surface area contributed by atoms with Crippen molar-refractivity contribution in [2.24, 2.45) is 5.73 Å². The maximum Gasteiger partial charge on any atom is 0.0965 e. The van der Waals surface area contributed by atoms with E-state index in [1.165, 1.54) is 42.7 Å². The Bertz CT molecular complexity index is 386. The predicted molar refractivity (Wildman–Crippen MR) is 78.9 cm³/mol. The number of pyridine rings is 1. The van der Waals surface area contributed by atoms with Crippen molar-refractivity contribution in [3.05, 3.63) is 23.4 Å². The van der Waals surface area contributed by atoms with Crippen LogP contribution in [0.4, 0.5) is 0 Å². The molecule has 1 aromatic rings. The largest absolute Gasteiger partial charge is 0.324 e. The molecule has 1 atom stereocenters. The molecular formula is C15H24N2S. The minimum Gasteiger partial charge on any atom is -0.324 e. The lowest BCUT2D eigenvalue weighted by molar-refractivity contribution is 0.515. The lowest BCUT2D eigenvalue weighted by atomic mass is 10.0. The maximum absolute atomic E-state index is 6.08. The van der Waals surface area contributed by atoms with Gasteiger partial charge in [-0.05, 0) is 37.8 Å². The van der Waals surface area contributed by atoms with Crippen molar-refractivity contribution in [3.63, 3.8) is 0 Å². The summed E-state index contributed by atoms with van der Waals surface area (Å²) in [5.74, 6) is 0. The van der Waals surface area contributed by atoms with Crippen molar-refractivity contribution in [1.82, 2.24) is 4.98 Å². The van der Waals surface area contributed by atoms with Gasteiger partial charge < -0.3 is 5.73 Å². The molecule has 0 spiro atoms. The second kappa shape index (κ2) is 6.58. The molecule has 0 radical (unpaired) electrons. The summed E-state index contributed by atoms with van der Waals surface area (Å²) < 4.78 is 0. The smallest absolute Gasteiger partial charge is 0.0965 e. The molecule has 18 heavy (non-hydrogen) atoms. The highest BCUT2D eigenvalue weighted by molar-refractivity contribution is 7.99. The fourth-order valence-corrected chi connectivity index (χ4v) is 3.83. The minimum absolute atomic E-state index is 0.131. The third-order valence-corrected chi connectivity index (χ3v) is 5.05. The topological polar surface area (TPSA) is 38.9 Å². The van der Waals surface area contributed by atoms with E-state index in [4.69, 9.17) is 10.7 Å². The predicted octanol–water partition coefficient (Wildman–Crippen LogP) is 4.22. The summed E-state index contributed by atoms with van der Waals surface area (Å²) in [6, 6.07) is 4.45. The molecule has 0 saturated heterocycles. The molecule has 0 amide bonds. The lowest BCUT2D eigenvalue weighted by Crippen LogP contribution is -2.12. The van der Waals surface area contributed by atoms with Gasteiger partial charge in [-0.25, -0.2) is 4.98 Å². The normalized spacial score (nSPS) is 18.8. The summed E-state index contributed by atoms with van der Waals surface area (Å²) in [6.45, 7) is 4.20. The molecule has 0 aliphatic heterocycles. The van der Waals surface area contributed by atoms with Crippen LogP contribution in [0.25, 0.3) is 0 Å². The van der Waals surface area contributed by atoms with Crippen LogP contribution in [0.2, 0.25) is 0 Å². The zero-order valence-electron chi connectivity index (χ0n) is 11.5. The van der Waals surface area contributed by atoms with Crippen LogP contribution in [0.15, 0.2) is 17.2 Å². The van der Waals surface area contributed by atoms with Gasteiger partial charge in [0.25, 0.3) is 0 Å². The van der Waals surface area contributed by atoms with Crippen LogP contribution in [-0.4, -0.2) is 10.2 Å². The first-order valence-electron chi connectivity index (χ1n) is 7.10. The quantitative estimate of drug-likeness (QED) is 0.884. The molecule has 1 aliphatic rings. The summed E-state index contributed by atoms with van der Waals surface area (Å²) in [5.41, 5.74) is 8.38. The van der Waals surface area contributed by atoms with Crippen LogP contribution in [0.5, 0.6) is 0 Å². The molecule has 1 aromatic heterocycles. The fourth-order valence-electron chi connectivity index (χ4n) is 2.58. The average molecular weight is 264 g/mol. The number of nitrogens with zero attached hydrogens (tertiary/aromatic N) is 1. The summed E-state index contributed by atoms with van der Waals surface area (Å²) in [7, 11) is 0. The van der Waals surface area contributed by atoms with Crippen molar-refractivity contribution in [1.29, 1.82) is 0 Å². The molecule has 1 unspecified atom stereocenters. The number of aryl methyl sites for hydroxylation is 1. The Labute approximate surface area is 115 Å². The zero-order chi connectivity index (χ0) is 13.0. The van der Waals surface area contributed by atoms with Crippen molar-refractivity contribution >= 4 is 11.8 Å². The number of nitrogens with two attached hydrogens (primary N) is 1. The van der Waals surface area contributed by atoms with Gasteiger partial charge in [-0.1, -0.05) is 32.3 Å². The Morgan fingerprint density at radius 3 is 2.67 bits per heavy atom. The molecule has 3 heteroatoms. The fraction of sp³-hybridized carbons (Fsp3) is 0.667. The van der Waals surface area contributed by atoms with Gasteiger partial charge in [-0.3, -0.25) is 0 Å². The highest BCUT2D eigenvalue weighted by atomic mass is 32.2. The van der Waals surface area contributed by atoms with E-state index >= 15 is 0 Å². The van der Waals surface area contributed by atoms with Gasteiger partial charge in [-0.15, -0.1) is 11.8 Å². The van der Waals surface area contributed by atoms with Gasteiger partial charge >= 0.3 is 0 Å². The van der Waals surface area contributed by atoms with Crippen LogP contribution in [0.1, 0.15) is 62.7 Å². The first-order chi connectivity index (χ1) is 8.70. The van der Waals surface area contributed by atoms with Crippen molar-refractivity contribution in [3.8, 4) is 0 Å². The van der Waals surface area contributed by atoms with Gasteiger partial charge in [-0.2, -0.15) is 0 Å². The molecule has 1 fully saturated rings. The molecule has 1 saturated carbocycles. The SMILES string of the molecule is CCC(N)c1ccc(SC2CCCCC2)nc1C. The standard InChI is InChI=1S/C15H24N2S/c1-3-14(16)13-9-10-15(17-11(13)2)18-12-7-5-4-6-8-12/h9-10,12,14H,3-8,16H2,1-2H3. The van der Waals surface area contributed by atoms with E-state index in [0.29, 0.717) is 0 Å². The van der Waals surface area contributed by atoms with E-state index in [-0.39, 0.29) is 6.04 Å². The Morgan fingerprint density at radius 2 is 2.06 bits per heavy atom. The molecule has 0 aromatic carbocycles. The Hall–Kier alpha value is -0.540. The molecule has 1 aliphatic carbocycles. The third-order valence-electron chi connectivity index (χ3n) is 3.78. The Kier molecular flexibility index (Phi) is 5.07. The molecule has 2 nitrogen and oxygen atoms in total. The molecule has 0 bridgehead atoms. The first-order valence-corrected chi connectivity index (χ1v) is 7.98. The molecule has 2 N–H and O–H groups in total. The van der Waals surface area contributed by atoms with Crippen LogP contribution in [-0.2, 0) is 0 Å². The Balaban J connectivity index is 2.03. The number of thioether (sulfide) groups is 1. The summed E-state index contributed by atoms with van der Waals surface area (Å²) in [6.07, 6.45) is 7.85. The van der Waals surface area contributed by atoms with E-state index in [9.17, 15) is 0 Å². The van der Waals surface area contributed by atoms with Crippen LogP contribution < -0.4 is 5.73 Å². The van der Waals surface area contributed by atoms with Gasteiger partial charge in [0.2, 0.25) is 0 Å². The van der Waals surface area contributed by atoms with E-state index in [1.807, 2.05) is 11.8 Å². The first kappa shape index (κ1) is 13.9. The second-order valence-corrected chi connectivity index (χ2v) is 6.54. The molecular weight excluding hydrogens is 240 g/mol. The number of hydrogen-bond acceptors (Lipinski definition) is 3. The average Bonchev–Trinajstić information content (AvgIpc) is 2.39. The minimum atomic E-state index is 0.131. The number of rotatable bonds is 4. The van der Waals surface area contributed by atoms with Crippen molar-refractivity contribution in [2.45, 2.75) is 68.7 Å². The molecule has 2 rings (SSSR count). The monoisotopic (exact) mass is 264 g/mol. The van der Waals surface area contributed by atoms with Gasteiger partial charge in [0, 0.05) is 17.0 Å². The van der Waals surface area contributed by atoms with E-state index in [1.54, 1.807) is 0 Å². The highest BCUT2D eigenvalue weighted by Gasteiger charge is 2.16. The number of aromatic nitrogens is 1. The third kappa shape index (κ3) is 3.48. The van der Waals surface area contributed by atoms with Gasteiger partial charge in [0.05, 0.1) is 5.03 Å². The van der Waals surface area contributed by atoms with Crippen molar-refractivity contribution in [2.75, 3.05) is 0 Å². The van der Waals surface area contributed by atoms with Crippen molar-refractivity contribution < 1.29 is 0 Å². The Morgan fingerprint density at radius 1 is 1.33 bits per heavy atom. The summed E-state index contributed by atoms with van der Waals surface area (Å²) in [5, 5.41) is 1.95. The molecule has 100 valence electrons. The molecule has 1 heterocycles. The lowest BCUT2D eigenvalue weighted by Gasteiger charge is -2.21. The van der Waals surface area contributed by atoms with Gasteiger partial charge in [0.1, 0.15) is 0 Å². The van der Waals surface area contributed by atoms with E-state index in [0.717, 1.165) is 17.4 Å². The van der Waals surface area contributed by atoms with E-state index < -0.39 is 0 Å². The highest BCUT2D eigenvalue weighted by Crippen LogP contribution is 2.33. The second-order valence-electron chi connectivity index (χ2n) is 5.22. The number of hydrogen-bond donors (Lipinski definition) is 1. The maximum atomic E-state index is 6.08.